The van der Waals surface area contributed by atoms with Crippen molar-refractivity contribution in [3.63, 3.8) is 0 Å². The minimum Gasteiger partial charge on any atom is -0.356 e. The summed E-state index contributed by atoms with van der Waals surface area (Å²) in [5.41, 5.74) is 2.39. The molecule has 0 saturated carbocycles. The molecule has 2 aromatic heterocycles. The number of aromatic nitrogens is 3. The Morgan fingerprint density at radius 1 is 0.941 bits per heavy atom. The van der Waals surface area contributed by atoms with Crippen LogP contribution in [-0.2, 0) is 0 Å². The van der Waals surface area contributed by atoms with Crippen LogP contribution >= 0.6 is 0 Å². The second kappa shape index (κ2) is 4.17. The third-order valence-corrected chi connectivity index (χ3v) is 2.39. The van der Waals surface area contributed by atoms with Crippen LogP contribution in [-0.4, -0.2) is 15.1 Å². The summed E-state index contributed by atoms with van der Waals surface area (Å²) in [5.74, 6) is 0.728. The van der Waals surface area contributed by atoms with Gasteiger partial charge in [-0.3, -0.25) is 9.97 Å². The maximum atomic E-state index is 5.29. The van der Waals surface area contributed by atoms with Gasteiger partial charge in [0.05, 0.1) is 6.20 Å². The van der Waals surface area contributed by atoms with Crippen LogP contribution < -0.4 is 0 Å². The predicted octanol–water partition coefficient (Wildman–Crippen LogP) is 2.80. The summed E-state index contributed by atoms with van der Waals surface area (Å²) in [4.78, 5) is 8.17. The van der Waals surface area contributed by atoms with E-state index in [1.807, 2.05) is 36.4 Å². The van der Waals surface area contributed by atoms with Crippen LogP contribution in [0.2, 0.25) is 0 Å². The Labute approximate surface area is 98.0 Å². The van der Waals surface area contributed by atoms with E-state index in [0.717, 1.165) is 11.3 Å². The molecule has 0 bridgehead atoms. The number of nitrogens with zero attached hydrogens (tertiary/aromatic N) is 3. The van der Waals surface area contributed by atoms with Crippen molar-refractivity contribution >= 4 is 0 Å². The average Bonchev–Trinajstić information content (AvgIpc) is 2.90. The van der Waals surface area contributed by atoms with Crippen molar-refractivity contribution in [3.05, 3.63) is 55.0 Å². The van der Waals surface area contributed by atoms with E-state index in [-0.39, 0.29) is 0 Å². The van der Waals surface area contributed by atoms with Crippen molar-refractivity contribution in [2.24, 2.45) is 0 Å². The van der Waals surface area contributed by atoms with Crippen LogP contribution in [0, 0.1) is 0 Å². The van der Waals surface area contributed by atoms with Crippen LogP contribution in [0.5, 0.6) is 0 Å². The van der Waals surface area contributed by atoms with Gasteiger partial charge in [0.2, 0.25) is 0 Å². The van der Waals surface area contributed by atoms with Crippen molar-refractivity contribution in [3.8, 4) is 22.7 Å². The van der Waals surface area contributed by atoms with Gasteiger partial charge in [0.15, 0.2) is 5.76 Å². The van der Waals surface area contributed by atoms with Crippen molar-refractivity contribution in [1.29, 1.82) is 0 Å². The molecule has 4 nitrogen and oxygen atoms in total. The highest BCUT2D eigenvalue weighted by Crippen LogP contribution is 2.23. The zero-order chi connectivity index (χ0) is 11.5. The second-order valence-electron chi connectivity index (χ2n) is 3.53. The molecule has 4 heteroatoms. The average molecular weight is 223 g/mol. The maximum absolute atomic E-state index is 5.29. The van der Waals surface area contributed by atoms with E-state index in [4.69, 9.17) is 4.52 Å². The molecule has 82 valence electrons. The van der Waals surface area contributed by atoms with Crippen molar-refractivity contribution in [2.75, 3.05) is 0 Å². The van der Waals surface area contributed by atoms with E-state index in [9.17, 15) is 0 Å². The van der Waals surface area contributed by atoms with Crippen LogP contribution in [0.4, 0.5) is 0 Å². The van der Waals surface area contributed by atoms with Gasteiger partial charge in [-0.05, 0) is 0 Å². The Kier molecular flexibility index (Phi) is 2.38. The van der Waals surface area contributed by atoms with Crippen molar-refractivity contribution < 1.29 is 4.52 Å². The molecule has 17 heavy (non-hydrogen) atoms. The molecule has 3 aromatic rings. The molecule has 3 rings (SSSR count). The minimum absolute atomic E-state index is 0.692. The molecule has 0 spiro atoms. The summed E-state index contributed by atoms with van der Waals surface area (Å²) in [6.45, 7) is 0. The predicted molar refractivity (Wildman–Crippen MR) is 63.0 cm³/mol. The van der Waals surface area contributed by atoms with Gasteiger partial charge in [-0.1, -0.05) is 35.5 Å². The molecule has 0 saturated heterocycles. The van der Waals surface area contributed by atoms with Gasteiger partial charge >= 0.3 is 0 Å². The van der Waals surface area contributed by atoms with Crippen LogP contribution in [0.3, 0.4) is 0 Å². The fourth-order valence-corrected chi connectivity index (χ4v) is 1.57. The van der Waals surface area contributed by atoms with E-state index in [0.29, 0.717) is 11.4 Å². The highest BCUT2D eigenvalue weighted by molar-refractivity contribution is 5.63. The van der Waals surface area contributed by atoms with Gasteiger partial charge in [0, 0.05) is 24.0 Å². The van der Waals surface area contributed by atoms with E-state index in [1.165, 1.54) is 0 Å². The molecule has 0 fully saturated rings. The molecule has 0 atom stereocenters. The first-order valence-corrected chi connectivity index (χ1v) is 5.22. The minimum atomic E-state index is 0.692. The smallest absolute Gasteiger partial charge is 0.167 e. The topological polar surface area (TPSA) is 51.8 Å². The van der Waals surface area contributed by atoms with Gasteiger partial charge in [0.1, 0.15) is 11.4 Å². The van der Waals surface area contributed by atoms with Crippen LogP contribution in [0.15, 0.2) is 59.5 Å². The SMILES string of the molecule is c1ccc(-c2cc(-c3cnccn3)no2)cc1. The molecular formula is C13H9N3O. The van der Waals surface area contributed by atoms with Crippen LogP contribution in [0.25, 0.3) is 22.7 Å². The molecular weight excluding hydrogens is 214 g/mol. The summed E-state index contributed by atoms with van der Waals surface area (Å²) >= 11 is 0. The monoisotopic (exact) mass is 223 g/mol. The first kappa shape index (κ1) is 9.72. The fraction of sp³-hybridized carbons (Fsp3) is 0. The van der Waals surface area contributed by atoms with Gasteiger partial charge in [0.25, 0.3) is 0 Å². The largest absolute Gasteiger partial charge is 0.356 e. The summed E-state index contributed by atoms with van der Waals surface area (Å²) in [6.07, 6.45) is 4.92. The first-order chi connectivity index (χ1) is 8.43. The lowest BCUT2D eigenvalue weighted by Crippen LogP contribution is -1.82. The summed E-state index contributed by atoms with van der Waals surface area (Å²) in [7, 11) is 0. The fourth-order valence-electron chi connectivity index (χ4n) is 1.57. The van der Waals surface area contributed by atoms with Gasteiger partial charge in [-0.2, -0.15) is 0 Å². The highest BCUT2D eigenvalue weighted by Gasteiger charge is 2.08. The molecule has 0 unspecified atom stereocenters. The van der Waals surface area contributed by atoms with E-state index in [2.05, 4.69) is 15.1 Å². The summed E-state index contributed by atoms with van der Waals surface area (Å²) < 4.78 is 5.29. The first-order valence-electron chi connectivity index (χ1n) is 5.22. The lowest BCUT2D eigenvalue weighted by molar-refractivity contribution is 0.434. The molecule has 0 N–H and O–H groups in total. The number of rotatable bonds is 2. The molecule has 1 aromatic carbocycles. The maximum Gasteiger partial charge on any atom is 0.167 e. The zero-order valence-electron chi connectivity index (χ0n) is 8.95. The Balaban J connectivity index is 1.99. The summed E-state index contributed by atoms with van der Waals surface area (Å²) in [5, 5.41) is 3.99. The van der Waals surface area contributed by atoms with Crippen LogP contribution in [0.1, 0.15) is 0 Å². The number of hydrogen-bond donors (Lipinski definition) is 0. The van der Waals surface area contributed by atoms with E-state index in [1.54, 1.807) is 18.6 Å². The second-order valence-corrected chi connectivity index (χ2v) is 3.53. The van der Waals surface area contributed by atoms with Gasteiger partial charge in [-0.15, -0.1) is 0 Å². The molecule has 0 radical (unpaired) electrons. The lowest BCUT2D eigenvalue weighted by atomic mass is 10.1. The normalized spacial score (nSPS) is 10.4. The highest BCUT2D eigenvalue weighted by atomic mass is 16.5. The Hall–Kier alpha value is -2.49. The van der Waals surface area contributed by atoms with Crippen molar-refractivity contribution in [2.45, 2.75) is 0 Å². The Morgan fingerprint density at radius 2 is 1.82 bits per heavy atom. The summed E-state index contributed by atoms with van der Waals surface area (Å²) in [6, 6.07) is 11.7. The molecule has 2 heterocycles. The van der Waals surface area contributed by atoms with Gasteiger partial charge in [-0.25, -0.2) is 0 Å². The van der Waals surface area contributed by atoms with Gasteiger partial charge < -0.3 is 4.52 Å². The molecule has 0 aliphatic heterocycles. The molecule has 0 aliphatic carbocycles. The third kappa shape index (κ3) is 1.92. The molecule has 0 amide bonds. The number of benzene rings is 1. The Morgan fingerprint density at radius 3 is 2.59 bits per heavy atom. The van der Waals surface area contributed by atoms with E-state index < -0.39 is 0 Å². The quantitative estimate of drug-likeness (QED) is 0.670. The standard InChI is InChI=1S/C13H9N3O/c1-2-4-10(5-3-1)13-8-11(16-17-13)12-9-14-6-7-15-12/h1-9H. The third-order valence-electron chi connectivity index (χ3n) is 2.39. The van der Waals surface area contributed by atoms with E-state index >= 15 is 0 Å². The van der Waals surface area contributed by atoms with Crippen molar-refractivity contribution in [1.82, 2.24) is 15.1 Å². The lowest BCUT2D eigenvalue weighted by Gasteiger charge is -1.91. The Bertz CT molecular complexity index is 551. The zero-order valence-corrected chi connectivity index (χ0v) is 8.95. The molecule has 0 aliphatic rings. The number of hydrogen-bond acceptors (Lipinski definition) is 4.